The Morgan fingerprint density at radius 3 is 1.78 bits per heavy atom. The Balaban J connectivity index is 1.03. The number of rotatable bonds is 5. The molecule has 2 nitrogen and oxygen atoms in total. The lowest BCUT2D eigenvalue weighted by atomic mass is 9.43. The monoisotopic (exact) mass is 994 g/mol. The van der Waals surface area contributed by atoms with Gasteiger partial charge in [0.2, 0.25) is 0 Å². The molecule has 74 heavy (non-hydrogen) atoms. The maximum atomic E-state index is 2.81. The van der Waals surface area contributed by atoms with Crippen molar-refractivity contribution < 1.29 is 0 Å². The molecule has 0 spiro atoms. The number of hydrogen-bond donors (Lipinski definition) is 0. The lowest BCUT2D eigenvalue weighted by Gasteiger charge is -2.47. The standard InChI is InChI=1S/C69H63BN2S2/c1-42-31-43(2)65(44(3)32-42)49-33-55-54-38-63-64(74-62-20-8-7-19-61(62)73-63)39-59(54)72(52-24-21-48(22-25-52)47-17-5-4-6-18-47)70-57-37-51(69-29-11-15-46(41-69)16-12-30-69)36-56-53-35-50(68-27-9-13-45(40-68)14-10-28-68)23-26-58(53)71(67(56)57)60(34-49)66(55)70/h4-8,17-26,31-39,45-46H,9-16,27-30,40-41H2,1-3H3. The fourth-order valence-electron chi connectivity index (χ4n) is 16.9. The van der Waals surface area contributed by atoms with Crippen LogP contribution in [0.15, 0.2) is 165 Å². The van der Waals surface area contributed by atoms with Crippen LogP contribution in [0.5, 0.6) is 0 Å². The first kappa shape index (κ1) is 44.4. The molecule has 4 bridgehead atoms. The van der Waals surface area contributed by atoms with E-state index in [1.165, 1.54) is 209 Å². The summed E-state index contributed by atoms with van der Waals surface area (Å²) in [6.07, 6.45) is 19.1. The normalized spacial score (nSPS) is 23.1. The van der Waals surface area contributed by atoms with Crippen molar-refractivity contribution in [2.75, 3.05) is 4.81 Å². The summed E-state index contributed by atoms with van der Waals surface area (Å²) in [6, 6.07) is 58.3. The summed E-state index contributed by atoms with van der Waals surface area (Å²) in [4.78, 5) is 8.20. The Kier molecular flexibility index (Phi) is 9.94. The van der Waals surface area contributed by atoms with Crippen LogP contribution in [0.3, 0.4) is 0 Å². The van der Waals surface area contributed by atoms with Crippen molar-refractivity contribution in [1.82, 2.24) is 4.57 Å². The van der Waals surface area contributed by atoms with Crippen molar-refractivity contribution in [1.29, 1.82) is 0 Å². The maximum Gasteiger partial charge on any atom is 0.333 e. The van der Waals surface area contributed by atoms with Crippen LogP contribution in [0.2, 0.25) is 0 Å². The fourth-order valence-corrected chi connectivity index (χ4v) is 19.1. The molecule has 0 atom stereocenters. The third kappa shape index (κ3) is 6.60. The van der Waals surface area contributed by atoms with Crippen LogP contribution in [0, 0.1) is 32.6 Å². The minimum atomic E-state index is -0.0370. The number of fused-ring (bicyclic) bond motifs is 13. The SMILES string of the molecule is Cc1cc(C)c(-c2cc3c4c(c2)-n2c5ccc(C67CCCC(CCC6)C7)cc5c5cc(C67CCCC(CCC6)C7)cc(c52)B4N(c2ccc(-c4ccccc4)cc2)c2cc4c(cc2-3)Sc2ccccc2S4)c(C)c1. The van der Waals surface area contributed by atoms with Crippen molar-refractivity contribution in [3.8, 4) is 39.1 Å². The highest BCUT2D eigenvalue weighted by molar-refractivity contribution is 8.05. The van der Waals surface area contributed by atoms with Crippen molar-refractivity contribution >= 4 is 74.5 Å². The van der Waals surface area contributed by atoms with E-state index in [4.69, 9.17) is 0 Å². The maximum absolute atomic E-state index is 2.81. The molecule has 7 aliphatic rings. The van der Waals surface area contributed by atoms with Gasteiger partial charge in [0.05, 0.1) is 11.0 Å². The lowest BCUT2D eigenvalue weighted by molar-refractivity contribution is 0.149. The van der Waals surface area contributed by atoms with Crippen LogP contribution in [-0.2, 0) is 10.8 Å². The molecule has 8 aromatic carbocycles. The Morgan fingerprint density at radius 1 is 0.500 bits per heavy atom. The molecule has 4 heterocycles. The summed E-state index contributed by atoms with van der Waals surface area (Å²) < 4.78 is 2.79. The number of nitrogens with zero attached hydrogens (tertiary/aromatic N) is 2. The van der Waals surface area contributed by atoms with E-state index < -0.39 is 0 Å². The summed E-state index contributed by atoms with van der Waals surface area (Å²) in [7, 11) is 0. The van der Waals surface area contributed by atoms with Crippen molar-refractivity contribution in [2.24, 2.45) is 11.8 Å². The molecule has 9 aromatic rings. The first-order valence-electron chi connectivity index (χ1n) is 28.3. The van der Waals surface area contributed by atoms with E-state index in [1.54, 1.807) is 11.1 Å². The first-order chi connectivity index (χ1) is 36.3. The van der Waals surface area contributed by atoms with Crippen LogP contribution in [0.25, 0.3) is 60.9 Å². The zero-order chi connectivity index (χ0) is 49.0. The third-order valence-electron chi connectivity index (χ3n) is 19.9. The topological polar surface area (TPSA) is 8.17 Å². The average Bonchev–Trinajstić information content (AvgIpc) is 3.76. The highest BCUT2D eigenvalue weighted by Gasteiger charge is 2.48. The van der Waals surface area contributed by atoms with E-state index >= 15 is 0 Å². The summed E-state index contributed by atoms with van der Waals surface area (Å²) >= 11 is 3.89. The second kappa shape index (κ2) is 16.6. The van der Waals surface area contributed by atoms with Gasteiger partial charge in [-0.15, -0.1) is 0 Å². The van der Waals surface area contributed by atoms with E-state index in [0.717, 1.165) is 11.8 Å². The minimum Gasteiger partial charge on any atom is -0.376 e. The number of aromatic nitrogens is 1. The van der Waals surface area contributed by atoms with Gasteiger partial charge in [-0.25, -0.2) is 0 Å². The van der Waals surface area contributed by atoms with Gasteiger partial charge in [-0.1, -0.05) is 159 Å². The highest BCUT2D eigenvalue weighted by atomic mass is 32.2. The van der Waals surface area contributed by atoms with Gasteiger partial charge in [-0.3, -0.25) is 0 Å². The van der Waals surface area contributed by atoms with Crippen LogP contribution in [-0.4, -0.2) is 11.4 Å². The third-order valence-corrected chi connectivity index (χ3v) is 22.4. The highest BCUT2D eigenvalue weighted by Crippen LogP contribution is 2.57. The predicted molar refractivity (Wildman–Crippen MR) is 315 cm³/mol. The lowest BCUT2D eigenvalue weighted by Crippen LogP contribution is -2.61. The summed E-state index contributed by atoms with van der Waals surface area (Å²) in [5.41, 5.74) is 25.3. The first-order valence-corrected chi connectivity index (χ1v) is 29.9. The second-order valence-electron chi connectivity index (χ2n) is 24.2. The van der Waals surface area contributed by atoms with E-state index in [2.05, 4.69) is 176 Å². The van der Waals surface area contributed by atoms with Gasteiger partial charge in [-0.2, -0.15) is 0 Å². The van der Waals surface area contributed by atoms with Gasteiger partial charge >= 0.3 is 6.85 Å². The molecular formula is C69H63BN2S2. The fraction of sp³-hybridized carbons (Fsp3) is 0.304. The molecule has 4 aliphatic carbocycles. The van der Waals surface area contributed by atoms with Gasteiger partial charge in [-0.05, 0) is 210 Å². The predicted octanol–water partition coefficient (Wildman–Crippen LogP) is 18.1. The second-order valence-corrected chi connectivity index (χ2v) is 26.3. The summed E-state index contributed by atoms with van der Waals surface area (Å²) in [5, 5.41) is 2.95. The summed E-state index contributed by atoms with van der Waals surface area (Å²) in [5.74, 6) is 1.72. The van der Waals surface area contributed by atoms with E-state index in [0.29, 0.717) is 5.41 Å². The Bertz CT molecular complexity index is 3790. The Hall–Kier alpha value is -5.88. The largest absolute Gasteiger partial charge is 0.376 e. The number of hydrogen-bond acceptors (Lipinski definition) is 3. The molecule has 1 aromatic heterocycles. The molecule has 0 N–H and O–H groups in total. The molecule has 0 amide bonds. The van der Waals surface area contributed by atoms with Gasteiger partial charge in [0.1, 0.15) is 0 Å². The smallest absolute Gasteiger partial charge is 0.333 e. The number of aryl methyl sites for hydroxylation is 3. The molecule has 16 rings (SSSR count). The number of anilines is 2. The summed E-state index contributed by atoms with van der Waals surface area (Å²) in [6.45, 7) is 6.89. The van der Waals surface area contributed by atoms with E-state index in [9.17, 15) is 0 Å². The van der Waals surface area contributed by atoms with Gasteiger partial charge in [0.15, 0.2) is 0 Å². The van der Waals surface area contributed by atoms with Gasteiger partial charge in [0, 0.05) is 53.0 Å². The van der Waals surface area contributed by atoms with Crippen LogP contribution < -0.4 is 15.7 Å². The average molecular weight is 995 g/mol. The van der Waals surface area contributed by atoms with Gasteiger partial charge < -0.3 is 9.38 Å². The zero-order valence-electron chi connectivity index (χ0n) is 43.2. The van der Waals surface area contributed by atoms with Crippen LogP contribution in [0.4, 0.5) is 11.4 Å². The van der Waals surface area contributed by atoms with Crippen molar-refractivity contribution in [3.05, 3.63) is 173 Å². The molecular weight excluding hydrogens is 932 g/mol. The Labute approximate surface area is 446 Å². The molecule has 3 aliphatic heterocycles. The van der Waals surface area contributed by atoms with Gasteiger partial charge in [0.25, 0.3) is 0 Å². The van der Waals surface area contributed by atoms with Crippen LogP contribution >= 0.6 is 23.5 Å². The molecule has 0 unspecified atom stereocenters. The van der Waals surface area contributed by atoms with E-state index in [1.807, 2.05) is 23.5 Å². The molecule has 0 saturated heterocycles. The number of benzene rings is 8. The Morgan fingerprint density at radius 2 is 1.11 bits per heavy atom. The molecule has 0 radical (unpaired) electrons. The van der Waals surface area contributed by atoms with Crippen molar-refractivity contribution in [2.45, 2.75) is 141 Å². The molecule has 364 valence electrons. The molecule has 4 saturated carbocycles. The molecule has 5 heteroatoms. The minimum absolute atomic E-state index is 0.0370. The quantitative estimate of drug-likeness (QED) is 0.159. The van der Waals surface area contributed by atoms with Crippen molar-refractivity contribution in [3.63, 3.8) is 0 Å². The zero-order valence-corrected chi connectivity index (χ0v) is 44.8. The molecule has 4 fully saturated rings. The van der Waals surface area contributed by atoms with Crippen LogP contribution in [0.1, 0.15) is 118 Å². The van der Waals surface area contributed by atoms with E-state index in [-0.39, 0.29) is 12.3 Å².